The van der Waals surface area contributed by atoms with E-state index in [9.17, 15) is 9.59 Å². The van der Waals surface area contributed by atoms with Crippen molar-refractivity contribution in [2.24, 2.45) is 11.3 Å². The van der Waals surface area contributed by atoms with Gasteiger partial charge in [-0.05, 0) is 25.7 Å². The van der Waals surface area contributed by atoms with Crippen molar-refractivity contribution in [1.82, 2.24) is 0 Å². The molecule has 0 aromatic heterocycles. The first kappa shape index (κ1) is 12.6. The lowest BCUT2D eigenvalue weighted by Crippen LogP contribution is -2.42. The molecule has 0 unspecified atom stereocenters. The molecule has 0 aliphatic heterocycles. The summed E-state index contributed by atoms with van der Waals surface area (Å²) in [5, 5.41) is 0. The lowest BCUT2D eigenvalue weighted by Gasteiger charge is -2.30. The summed E-state index contributed by atoms with van der Waals surface area (Å²) in [4.78, 5) is 24.6. The molecule has 2 aliphatic rings. The molecule has 0 heterocycles. The highest BCUT2D eigenvalue weighted by atomic mass is 16.5. The predicted octanol–water partition coefficient (Wildman–Crippen LogP) is 2.87. The van der Waals surface area contributed by atoms with Gasteiger partial charge in [0.15, 0.2) is 5.78 Å². The van der Waals surface area contributed by atoms with Gasteiger partial charge in [0.05, 0.1) is 7.11 Å². The molecule has 0 spiro atoms. The maximum Gasteiger partial charge on any atom is 0.319 e. The summed E-state index contributed by atoms with van der Waals surface area (Å²) in [5.74, 6) is 0.00748. The van der Waals surface area contributed by atoms with Crippen molar-refractivity contribution in [3.8, 4) is 0 Å². The van der Waals surface area contributed by atoms with Crippen LogP contribution >= 0.6 is 0 Å². The van der Waals surface area contributed by atoms with Crippen molar-refractivity contribution in [3.05, 3.63) is 0 Å². The van der Waals surface area contributed by atoms with E-state index < -0.39 is 5.41 Å². The van der Waals surface area contributed by atoms with Crippen molar-refractivity contribution >= 4 is 11.8 Å². The van der Waals surface area contributed by atoms with Gasteiger partial charge in [-0.2, -0.15) is 0 Å². The van der Waals surface area contributed by atoms with Crippen LogP contribution in [0.5, 0.6) is 0 Å². The summed E-state index contributed by atoms with van der Waals surface area (Å²) in [6, 6.07) is 0. The van der Waals surface area contributed by atoms with Crippen molar-refractivity contribution < 1.29 is 14.3 Å². The second-order valence-electron chi connectivity index (χ2n) is 5.48. The zero-order chi connectivity index (χ0) is 12.3. The van der Waals surface area contributed by atoms with Gasteiger partial charge >= 0.3 is 5.97 Å². The number of esters is 1. The Bertz CT molecular complexity index is 297. The molecule has 0 aromatic rings. The van der Waals surface area contributed by atoms with E-state index >= 15 is 0 Å². The monoisotopic (exact) mass is 238 g/mol. The van der Waals surface area contributed by atoms with E-state index in [0.717, 1.165) is 38.5 Å². The number of methoxy groups -OCH3 is 1. The van der Waals surface area contributed by atoms with Crippen LogP contribution in [0.3, 0.4) is 0 Å². The van der Waals surface area contributed by atoms with Crippen molar-refractivity contribution in [2.45, 2.75) is 57.8 Å². The van der Waals surface area contributed by atoms with Gasteiger partial charge in [0, 0.05) is 5.92 Å². The topological polar surface area (TPSA) is 43.4 Å². The Morgan fingerprint density at radius 1 is 1.00 bits per heavy atom. The molecular formula is C14H22O3. The molecule has 0 atom stereocenters. The Labute approximate surface area is 103 Å². The molecule has 2 rings (SSSR count). The lowest BCUT2D eigenvalue weighted by molar-refractivity contribution is -0.159. The number of rotatable bonds is 3. The molecule has 0 N–H and O–H groups in total. The highest BCUT2D eigenvalue weighted by molar-refractivity contribution is 6.05. The van der Waals surface area contributed by atoms with Crippen LogP contribution in [-0.4, -0.2) is 18.9 Å². The van der Waals surface area contributed by atoms with Crippen molar-refractivity contribution in [2.75, 3.05) is 7.11 Å². The molecule has 2 fully saturated rings. The Morgan fingerprint density at radius 3 is 2.12 bits per heavy atom. The normalized spacial score (nSPS) is 24.5. The number of carbonyl (C=O) groups is 2. The van der Waals surface area contributed by atoms with Gasteiger partial charge in [-0.1, -0.05) is 32.1 Å². The van der Waals surface area contributed by atoms with Crippen LogP contribution in [0.2, 0.25) is 0 Å². The molecule has 2 saturated carbocycles. The maximum absolute atomic E-state index is 12.6. The van der Waals surface area contributed by atoms with E-state index in [2.05, 4.69) is 0 Å². The van der Waals surface area contributed by atoms with E-state index in [-0.39, 0.29) is 17.7 Å². The average molecular weight is 238 g/mol. The zero-order valence-electron chi connectivity index (χ0n) is 10.7. The van der Waals surface area contributed by atoms with Crippen LogP contribution in [0.15, 0.2) is 0 Å². The van der Waals surface area contributed by atoms with Gasteiger partial charge in [-0.15, -0.1) is 0 Å². The van der Waals surface area contributed by atoms with Gasteiger partial charge in [-0.25, -0.2) is 0 Å². The second kappa shape index (κ2) is 5.19. The average Bonchev–Trinajstić information content (AvgIpc) is 2.88. The first-order valence-corrected chi connectivity index (χ1v) is 6.83. The summed E-state index contributed by atoms with van der Waals surface area (Å²) >= 11 is 0. The van der Waals surface area contributed by atoms with E-state index in [0.29, 0.717) is 12.8 Å². The van der Waals surface area contributed by atoms with Crippen LogP contribution < -0.4 is 0 Å². The van der Waals surface area contributed by atoms with Crippen molar-refractivity contribution in [3.63, 3.8) is 0 Å². The van der Waals surface area contributed by atoms with Crippen LogP contribution in [-0.2, 0) is 14.3 Å². The first-order valence-electron chi connectivity index (χ1n) is 6.83. The number of hydrogen-bond donors (Lipinski definition) is 0. The highest BCUT2D eigenvalue weighted by Crippen LogP contribution is 2.44. The molecule has 3 heteroatoms. The third-order valence-electron chi connectivity index (χ3n) is 4.48. The van der Waals surface area contributed by atoms with Gasteiger partial charge in [0.2, 0.25) is 0 Å². The Balaban J connectivity index is 2.15. The lowest BCUT2D eigenvalue weighted by atomic mass is 9.72. The molecule has 2 aliphatic carbocycles. The van der Waals surface area contributed by atoms with E-state index in [1.165, 1.54) is 13.5 Å². The fourth-order valence-electron chi connectivity index (χ4n) is 3.48. The highest BCUT2D eigenvalue weighted by Gasteiger charge is 2.50. The number of carbonyl (C=O) groups excluding carboxylic acids is 2. The smallest absolute Gasteiger partial charge is 0.319 e. The summed E-state index contributed by atoms with van der Waals surface area (Å²) in [5.41, 5.74) is -0.781. The number of ether oxygens (including phenoxy) is 1. The van der Waals surface area contributed by atoms with E-state index in [1.54, 1.807) is 0 Å². The maximum atomic E-state index is 12.6. The van der Waals surface area contributed by atoms with Crippen LogP contribution in [0.1, 0.15) is 57.8 Å². The van der Waals surface area contributed by atoms with Crippen LogP contribution in [0.25, 0.3) is 0 Å². The zero-order valence-corrected chi connectivity index (χ0v) is 10.7. The quantitative estimate of drug-likeness (QED) is 0.561. The molecule has 0 bridgehead atoms. The van der Waals surface area contributed by atoms with Gasteiger partial charge in [0.1, 0.15) is 5.41 Å². The molecule has 0 radical (unpaired) electrons. The molecular weight excluding hydrogens is 216 g/mol. The van der Waals surface area contributed by atoms with E-state index in [1.807, 2.05) is 0 Å². The number of ketones is 1. The summed E-state index contributed by atoms with van der Waals surface area (Å²) < 4.78 is 4.89. The van der Waals surface area contributed by atoms with Crippen LogP contribution in [0, 0.1) is 11.3 Å². The standard InChI is InChI=1S/C14H22O3/c1-17-13(16)14(9-5-6-10-14)12(15)11-7-3-2-4-8-11/h11H,2-10H2,1H3. The number of Topliss-reactive ketones (excluding diaryl/α,β-unsaturated/α-hetero) is 1. The second-order valence-corrected chi connectivity index (χ2v) is 5.48. The minimum Gasteiger partial charge on any atom is -0.468 e. The Hall–Kier alpha value is -0.860. The predicted molar refractivity (Wildman–Crippen MR) is 64.5 cm³/mol. The number of hydrogen-bond acceptors (Lipinski definition) is 3. The van der Waals surface area contributed by atoms with Crippen LogP contribution in [0.4, 0.5) is 0 Å². The summed E-state index contributed by atoms with van der Waals surface area (Å²) in [6.45, 7) is 0. The Kier molecular flexibility index (Phi) is 3.85. The minimum atomic E-state index is -0.781. The summed E-state index contributed by atoms with van der Waals surface area (Å²) in [6.07, 6.45) is 8.80. The van der Waals surface area contributed by atoms with Crippen molar-refractivity contribution in [1.29, 1.82) is 0 Å². The fourth-order valence-corrected chi connectivity index (χ4v) is 3.48. The molecule has 17 heavy (non-hydrogen) atoms. The van der Waals surface area contributed by atoms with Gasteiger partial charge < -0.3 is 4.74 Å². The minimum absolute atomic E-state index is 0.112. The molecule has 0 saturated heterocycles. The SMILES string of the molecule is COC(=O)C1(C(=O)C2CCCCC2)CCCC1. The van der Waals surface area contributed by atoms with Gasteiger partial charge in [-0.3, -0.25) is 9.59 Å². The molecule has 96 valence electrons. The first-order chi connectivity index (χ1) is 8.20. The third kappa shape index (κ3) is 2.24. The molecule has 0 aromatic carbocycles. The molecule has 0 amide bonds. The summed E-state index contributed by atoms with van der Waals surface area (Å²) in [7, 11) is 1.40. The van der Waals surface area contributed by atoms with Gasteiger partial charge in [0.25, 0.3) is 0 Å². The van der Waals surface area contributed by atoms with E-state index in [4.69, 9.17) is 4.74 Å². The molecule has 3 nitrogen and oxygen atoms in total. The Morgan fingerprint density at radius 2 is 1.59 bits per heavy atom. The largest absolute Gasteiger partial charge is 0.468 e. The third-order valence-corrected chi connectivity index (χ3v) is 4.48. The fraction of sp³-hybridized carbons (Fsp3) is 0.857.